The number of hydrogen-bond acceptors (Lipinski definition) is 3. The molecule has 5 heteroatoms. The Morgan fingerprint density at radius 1 is 1.25 bits per heavy atom. The van der Waals surface area contributed by atoms with Gasteiger partial charge in [-0.3, -0.25) is 4.79 Å². The van der Waals surface area contributed by atoms with Crippen LogP contribution in [-0.4, -0.2) is 55.0 Å². The first-order valence-electron chi connectivity index (χ1n) is 6.91. The molecule has 110 valence electrons. The molecule has 4 nitrogen and oxygen atoms in total. The van der Waals surface area contributed by atoms with E-state index in [4.69, 9.17) is 16.3 Å². The van der Waals surface area contributed by atoms with Gasteiger partial charge in [-0.1, -0.05) is 11.6 Å². The molecule has 1 aliphatic rings. The molecule has 0 saturated carbocycles. The second-order valence-electron chi connectivity index (χ2n) is 5.40. The highest BCUT2D eigenvalue weighted by molar-refractivity contribution is 6.31. The number of hydrogen-bond donors (Lipinski definition) is 0. The van der Waals surface area contributed by atoms with Crippen LogP contribution in [-0.2, 0) is 0 Å². The molecule has 1 fully saturated rings. The molecule has 20 heavy (non-hydrogen) atoms. The van der Waals surface area contributed by atoms with Crippen molar-refractivity contribution in [2.24, 2.45) is 0 Å². The van der Waals surface area contributed by atoms with Crippen LogP contribution in [0.15, 0.2) is 18.2 Å². The lowest BCUT2D eigenvalue weighted by atomic mass is 10.1. The number of carbonyl (C=O) groups excluding carboxylic acids is 1. The molecule has 0 unspecified atom stereocenters. The molecule has 0 radical (unpaired) electrons. The Balaban J connectivity index is 2.21. The van der Waals surface area contributed by atoms with Crippen molar-refractivity contribution < 1.29 is 9.53 Å². The third-order valence-electron chi connectivity index (χ3n) is 3.33. The first kappa shape index (κ1) is 15.1. The number of piperazine rings is 1. The summed E-state index contributed by atoms with van der Waals surface area (Å²) in [5, 5.41) is 0.554. The van der Waals surface area contributed by atoms with Crippen LogP contribution in [0.3, 0.4) is 0 Å². The monoisotopic (exact) mass is 296 g/mol. The number of halogens is 1. The maximum atomic E-state index is 12.6. The van der Waals surface area contributed by atoms with Gasteiger partial charge in [-0.15, -0.1) is 0 Å². The van der Waals surface area contributed by atoms with E-state index in [1.807, 2.05) is 18.7 Å². The number of rotatable bonds is 3. The maximum Gasteiger partial charge on any atom is 0.257 e. The molecule has 0 atom stereocenters. The van der Waals surface area contributed by atoms with Crippen molar-refractivity contribution >= 4 is 17.5 Å². The molecule has 2 rings (SSSR count). The predicted molar refractivity (Wildman–Crippen MR) is 80.6 cm³/mol. The van der Waals surface area contributed by atoms with E-state index in [-0.39, 0.29) is 12.0 Å². The average molecular weight is 297 g/mol. The summed E-state index contributed by atoms with van der Waals surface area (Å²) in [6.45, 7) is 7.16. The van der Waals surface area contributed by atoms with Crippen molar-refractivity contribution in [2.75, 3.05) is 33.2 Å². The fraction of sp³-hybridized carbons (Fsp3) is 0.533. The Bertz CT molecular complexity index is 483. The summed E-state index contributed by atoms with van der Waals surface area (Å²) in [7, 11) is 2.06. The van der Waals surface area contributed by atoms with Crippen LogP contribution in [0.1, 0.15) is 24.2 Å². The van der Waals surface area contributed by atoms with Gasteiger partial charge in [0.2, 0.25) is 0 Å². The lowest BCUT2D eigenvalue weighted by Crippen LogP contribution is -2.47. The average Bonchev–Trinajstić information content (AvgIpc) is 2.40. The molecule has 1 amide bonds. The fourth-order valence-corrected chi connectivity index (χ4v) is 2.38. The Morgan fingerprint density at radius 3 is 2.50 bits per heavy atom. The standard InChI is InChI=1S/C15H21ClN2O2/c1-11(2)20-14-5-4-12(16)10-13(14)15(19)18-8-6-17(3)7-9-18/h4-5,10-11H,6-9H2,1-3H3. The molecule has 1 saturated heterocycles. The highest BCUT2D eigenvalue weighted by atomic mass is 35.5. The second kappa shape index (κ2) is 6.46. The largest absolute Gasteiger partial charge is 0.490 e. The number of nitrogens with zero attached hydrogens (tertiary/aromatic N) is 2. The highest BCUT2D eigenvalue weighted by Crippen LogP contribution is 2.25. The lowest BCUT2D eigenvalue weighted by Gasteiger charge is -2.32. The number of amides is 1. The molecule has 0 aromatic heterocycles. The smallest absolute Gasteiger partial charge is 0.257 e. The zero-order valence-electron chi connectivity index (χ0n) is 12.2. The van der Waals surface area contributed by atoms with E-state index in [2.05, 4.69) is 11.9 Å². The summed E-state index contributed by atoms with van der Waals surface area (Å²) in [6, 6.07) is 5.21. The molecular weight excluding hydrogens is 276 g/mol. The van der Waals surface area contributed by atoms with Gasteiger partial charge in [-0.2, -0.15) is 0 Å². The van der Waals surface area contributed by atoms with Crippen LogP contribution in [0.25, 0.3) is 0 Å². The van der Waals surface area contributed by atoms with Crippen LogP contribution in [0, 0.1) is 0 Å². The quantitative estimate of drug-likeness (QED) is 0.859. The van der Waals surface area contributed by atoms with Gasteiger partial charge in [0.15, 0.2) is 0 Å². The number of ether oxygens (including phenoxy) is 1. The zero-order chi connectivity index (χ0) is 14.7. The van der Waals surface area contributed by atoms with Crippen LogP contribution < -0.4 is 4.74 Å². The summed E-state index contributed by atoms with van der Waals surface area (Å²) in [6.07, 6.45) is 0.0233. The van der Waals surface area contributed by atoms with Crippen molar-refractivity contribution in [3.63, 3.8) is 0 Å². The van der Waals surface area contributed by atoms with E-state index in [0.29, 0.717) is 16.3 Å². The van der Waals surface area contributed by atoms with Crippen molar-refractivity contribution in [3.8, 4) is 5.75 Å². The summed E-state index contributed by atoms with van der Waals surface area (Å²) < 4.78 is 5.72. The minimum absolute atomic E-state index is 0.00347. The van der Waals surface area contributed by atoms with E-state index in [1.54, 1.807) is 18.2 Å². The summed E-state index contributed by atoms with van der Waals surface area (Å²) >= 11 is 6.03. The zero-order valence-corrected chi connectivity index (χ0v) is 13.0. The number of carbonyl (C=O) groups is 1. The Hall–Kier alpha value is -1.26. The third kappa shape index (κ3) is 3.64. The lowest BCUT2D eigenvalue weighted by molar-refractivity contribution is 0.0658. The van der Waals surface area contributed by atoms with Crippen LogP contribution >= 0.6 is 11.6 Å². The van der Waals surface area contributed by atoms with Crippen LogP contribution in [0.5, 0.6) is 5.75 Å². The molecular formula is C15H21ClN2O2. The van der Waals surface area contributed by atoms with Crippen LogP contribution in [0.4, 0.5) is 0 Å². The molecule has 1 aromatic carbocycles. The van der Waals surface area contributed by atoms with Gasteiger partial charge in [-0.05, 0) is 39.1 Å². The minimum atomic E-state index is -0.00347. The van der Waals surface area contributed by atoms with Crippen molar-refractivity contribution in [2.45, 2.75) is 20.0 Å². The first-order chi connectivity index (χ1) is 9.47. The SMILES string of the molecule is CC(C)Oc1ccc(Cl)cc1C(=O)N1CCN(C)CC1. The van der Waals surface area contributed by atoms with E-state index >= 15 is 0 Å². The maximum absolute atomic E-state index is 12.6. The molecule has 1 aliphatic heterocycles. The molecule has 1 aromatic rings. The van der Waals surface area contributed by atoms with Crippen molar-refractivity contribution in [1.82, 2.24) is 9.80 Å². The Kier molecular flexibility index (Phi) is 4.89. The van der Waals surface area contributed by atoms with Gasteiger partial charge in [0.1, 0.15) is 5.75 Å². The predicted octanol–water partition coefficient (Wildman–Crippen LogP) is 2.51. The van der Waals surface area contributed by atoms with Gasteiger partial charge < -0.3 is 14.5 Å². The highest BCUT2D eigenvalue weighted by Gasteiger charge is 2.23. The molecule has 0 spiro atoms. The second-order valence-corrected chi connectivity index (χ2v) is 5.84. The topological polar surface area (TPSA) is 32.8 Å². The van der Waals surface area contributed by atoms with E-state index in [0.717, 1.165) is 26.2 Å². The number of likely N-dealkylation sites (N-methyl/N-ethyl adjacent to an activating group) is 1. The summed E-state index contributed by atoms with van der Waals surface area (Å²) in [5.41, 5.74) is 0.552. The van der Waals surface area contributed by atoms with Crippen molar-refractivity contribution in [1.29, 1.82) is 0 Å². The van der Waals surface area contributed by atoms with Gasteiger partial charge in [0.05, 0.1) is 11.7 Å². The summed E-state index contributed by atoms with van der Waals surface area (Å²) in [5.74, 6) is 0.601. The van der Waals surface area contributed by atoms with Gasteiger partial charge in [-0.25, -0.2) is 0 Å². The molecule has 1 heterocycles. The molecule has 0 aliphatic carbocycles. The Labute approximate surface area is 125 Å². The minimum Gasteiger partial charge on any atom is -0.490 e. The number of benzene rings is 1. The third-order valence-corrected chi connectivity index (χ3v) is 3.56. The molecule has 0 N–H and O–H groups in total. The fourth-order valence-electron chi connectivity index (χ4n) is 2.21. The van der Waals surface area contributed by atoms with E-state index in [1.165, 1.54) is 0 Å². The normalized spacial score (nSPS) is 16.6. The molecule has 0 bridgehead atoms. The summed E-state index contributed by atoms with van der Waals surface area (Å²) in [4.78, 5) is 16.7. The van der Waals surface area contributed by atoms with E-state index < -0.39 is 0 Å². The Morgan fingerprint density at radius 2 is 1.90 bits per heavy atom. The van der Waals surface area contributed by atoms with E-state index in [9.17, 15) is 4.79 Å². The van der Waals surface area contributed by atoms with Crippen molar-refractivity contribution in [3.05, 3.63) is 28.8 Å². The van der Waals surface area contributed by atoms with Crippen LogP contribution in [0.2, 0.25) is 5.02 Å². The van der Waals surface area contributed by atoms with Gasteiger partial charge in [0, 0.05) is 31.2 Å². The van der Waals surface area contributed by atoms with Gasteiger partial charge in [0.25, 0.3) is 5.91 Å². The first-order valence-corrected chi connectivity index (χ1v) is 7.29. The van der Waals surface area contributed by atoms with Gasteiger partial charge >= 0.3 is 0 Å².